The Morgan fingerprint density at radius 1 is 1.37 bits per heavy atom. The van der Waals surface area contributed by atoms with Gasteiger partial charge in [-0.3, -0.25) is 0 Å². The van der Waals surface area contributed by atoms with Crippen molar-refractivity contribution < 1.29 is 9.90 Å². The van der Waals surface area contributed by atoms with Crippen LogP contribution in [0.2, 0.25) is 0 Å². The third kappa shape index (κ3) is 3.40. The molecule has 4 N–H and O–H groups in total. The molecule has 0 heterocycles. The van der Waals surface area contributed by atoms with Gasteiger partial charge in [0.25, 0.3) is 0 Å². The lowest BCUT2D eigenvalue weighted by Crippen LogP contribution is -2.20. The number of benzene rings is 1. The van der Waals surface area contributed by atoms with E-state index in [0.29, 0.717) is 11.6 Å². The lowest BCUT2D eigenvalue weighted by molar-refractivity contribution is 0.0698. The van der Waals surface area contributed by atoms with Crippen molar-refractivity contribution in [2.45, 2.75) is 32.6 Å². The Hall–Kier alpha value is -1.71. The third-order valence-corrected chi connectivity index (χ3v) is 4.05. The summed E-state index contributed by atoms with van der Waals surface area (Å²) in [6.07, 6.45) is 5.06. The lowest BCUT2D eigenvalue weighted by Gasteiger charge is -2.26. The number of hydrogen-bond donors (Lipinski definition) is 3. The maximum atomic E-state index is 11.0. The smallest absolute Gasteiger partial charge is 0.337 e. The van der Waals surface area contributed by atoms with Gasteiger partial charge in [-0.25, -0.2) is 4.79 Å². The van der Waals surface area contributed by atoms with Gasteiger partial charge in [0, 0.05) is 6.54 Å². The molecule has 1 saturated carbocycles. The monoisotopic (exact) mass is 262 g/mol. The van der Waals surface area contributed by atoms with Crippen molar-refractivity contribution >= 4 is 17.3 Å². The van der Waals surface area contributed by atoms with E-state index in [2.05, 4.69) is 12.2 Å². The second-order valence-electron chi connectivity index (χ2n) is 5.58. The SMILES string of the molecule is CC1CCC(CNc2cccc(C(=O)O)c2N)CC1. The van der Waals surface area contributed by atoms with Gasteiger partial charge in [-0.15, -0.1) is 0 Å². The molecule has 0 spiro atoms. The maximum absolute atomic E-state index is 11.0. The number of anilines is 2. The van der Waals surface area contributed by atoms with E-state index in [1.54, 1.807) is 6.07 Å². The average molecular weight is 262 g/mol. The highest BCUT2D eigenvalue weighted by molar-refractivity contribution is 5.97. The highest BCUT2D eigenvalue weighted by Crippen LogP contribution is 2.29. The van der Waals surface area contributed by atoms with E-state index in [9.17, 15) is 4.79 Å². The average Bonchev–Trinajstić information content (AvgIpc) is 2.39. The van der Waals surface area contributed by atoms with Crippen molar-refractivity contribution in [1.82, 2.24) is 0 Å². The van der Waals surface area contributed by atoms with Gasteiger partial charge in [0.1, 0.15) is 0 Å². The zero-order chi connectivity index (χ0) is 13.8. The van der Waals surface area contributed by atoms with Gasteiger partial charge in [0.15, 0.2) is 0 Å². The molecule has 1 aromatic rings. The molecule has 0 bridgehead atoms. The molecule has 0 aromatic heterocycles. The minimum Gasteiger partial charge on any atom is -0.478 e. The van der Waals surface area contributed by atoms with Crippen LogP contribution in [-0.2, 0) is 0 Å². The molecule has 0 amide bonds. The molecular formula is C15H22N2O2. The van der Waals surface area contributed by atoms with E-state index in [1.165, 1.54) is 31.7 Å². The quantitative estimate of drug-likeness (QED) is 0.728. The van der Waals surface area contributed by atoms with Gasteiger partial charge in [-0.1, -0.05) is 25.8 Å². The van der Waals surface area contributed by atoms with Gasteiger partial charge < -0.3 is 16.2 Å². The van der Waals surface area contributed by atoms with E-state index in [0.717, 1.165) is 18.2 Å². The number of nitrogens with one attached hydrogen (secondary N) is 1. The number of nitrogen functional groups attached to an aromatic ring is 1. The van der Waals surface area contributed by atoms with E-state index in [1.807, 2.05) is 6.07 Å². The number of rotatable bonds is 4. The van der Waals surface area contributed by atoms with Crippen LogP contribution in [0.4, 0.5) is 11.4 Å². The summed E-state index contributed by atoms with van der Waals surface area (Å²) in [7, 11) is 0. The number of hydrogen-bond acceptors (Lipinski definition) is 3. The number of nitrogens with two attached hydrogens (primary N) is 1. The lowest BCUT2D eigenvalue weighted by atomic mass is 9.83. The van der Waals surface area contributed by atoms with Crippen LogP contribution in [0.1, 0.15) is 43.0 Å². The van der Waals surface area contributed by atoms with Crippen LogP contribution < -0.4 is 11.1 Å². The van der Waals surface area contributed by atoms with Crippen LogP contribution in [0.3, 0.4) is 0 Å². The van der Waals surface area contributed by atoms with Gasteiger partial charge in [-0.05, 0) is 36.8 Å². The Kier molecular flexibility index (Phi) is 4.30. The molecule has 1 aliphatic carbocycles. The number of carboxylic acid groups (broad SMARTS) is 1. The van der Waals surface area contributed by atoms with Gasteiger partial charge in [0.05, 0.1) is 16.9 Å². The third-order valence-electron chi connectivity index (χ3n) is 4.05. The topological polar surface area (TPSA) is 75.3 Å². The van der Waals surface area contributed by atoms with E-state index in [4.69, 9.17) is 10.8 Å². The Morgan fingerprint density at radius 3 is 2.68 bits per heavy atom. The summed E-state index contributed by atoms with van der Waals surface area (Å²) >= 11 is 0. The summed E-state index contributed by atoms with van der Waals surface area (Å²) in [5.41, 5.74) is 7.11. The van der Waals surface area contributed by atoms with Crippen molar-refractivity contribution in [3.05, 3.63) is 23.8 Å². The van der Waals surface area contributed by atoms with Crippen LogP contribution in [0.15, 0.2) is 18.2 Å². The molecule has 0 aliphatic heterocycles. The van der Waals surface area contributed by atoms with Crippen LogP contribution in [0, 0.1) is 11.8 Å². The fraction of sp³-hybridized carbons (Fsp3) is 0.533. The Labute approximate surface area is 114 Å². The van der Waals surface area contributed by atoms with Crippen molar-refractivity contribution in [2.24, 2.45) is 11.8 Å². The zero-order valence-corrected chi connectivity index (χ0v) is 11.4. The molecule has 2 rings (SSSR count). The first-order chi connectivity index (χ1) is 9.08. The predicted octanol–water partition coefficient (Wildman–Crippen LogP) is 3.21. The molecule has 1 aliphatic rings. The summed E-state index contributed by atoms with van der Waals surface area (Å²) < 4.78 is 0. The molecule has 0 radical (unpaired) electrons. The summed E-state index contributed by atoms with van der Waals surface area (Å²) in [5.74, 6) is 0.536. The molecule has 104 valence electrons. The van der Waals surface area contributed by atoms with Crippen molar-refractivity contribution in [3.8, 4) is 0 Å². The molecule has 0 saturated heterocycles. The van der Waals surface area contributed by atoms with Crippen LogP contribution in [-0.4, -0.2) is 17.6 Å². The van der Waals surface area contributed by atoms with Gasteiger partial charge >= 0.3 is 5.97 Å². The summed E-state index contributed by atoms with van der Waals surface area (Å²) in [6.45, 7) is 3.18. The molecule has 0 unspecified atom stereocenters. The minimum absolute atomic E-state index is 0.169. The predicted molar refractivity (Wildman–Crippen MR) is 77.4 cm³/mol. The van der Waals surface area contributed by atoms with Gasteiger partial charge in [-0.2, -0.15) is 0 Å². The number of para-hydroxylation sites is 1. The summed E-state index contributed by atoms with van der Waals surface area (Å²) in [5, 5.41) is 12.3. The number of carboxylic acids is 1. The fourth-order valence-corrected chi connectivity index (χ4v) is 2.69. The first-order valence-corrected chi connectivity index (χ1v) is 6.93. The van der Waals surface area contributed by atoms with Gasteiger partial charge in [0.2, 0.25) is 0 Å². The molecule has 1 aromatic carbocycles. The standard InChI is InChI=1S/C15H22N2O2/c1-10-5-7-11(8-6-10)9-17-13-4-2-3-12(14(13)16)15(18)19/h2-4,10-11,17H,5-9,16H2,1H3,(H,18,19). The molecular weight excluding hydrogens is 240 g/mol. The highest BCUT2D eigenvalue weighted by Gasteiger charge is 2.18. The Balaban J connectivity index is 1.96. The highest BCUT2D eigenvalue weighted by atomic mass is 16.4. The van der Waals surface area contributed by atoms with E-state index in [-0.39, 0.29) is 5.56 Å². The van der Waals surface area contributed by atoms with E-state index >= 15 is 0 Å². The maximum Gasteiger partial charge on any atom is 0.337 e. The summed E-state index contributed by atoms with van der Waals surface area (Å²) in [6, 6.07) is 5.10. The van der Waals surface area contributed by atoms with Crippen molar-refractivity contribution in [2.75, 3.05) is 17.6 Å². The fourth-order valence-electron chi connectivity index (χ4n) is 2.69. The molecule has 4 nitrogen and oxygen atoms in total. The molecule has 1 fully saturated rings. The Bertz CT molecular complexity index is 451. The molecule has 19 heavy (non-hydrogen) atoms. The Morgan fingerprint density at radius 2 is 2.05 bits per heavy atom. The van der Waals surface area contributed by atoms with E-state index < -0.39 is 5.97 Å². The number of carbonyl (C=O) groups is 1. The first kappa shape index (κ1) is 13.7. The van der Waals surface area contributed by atoms with Crippen molar-refractivity contribution in [3.63, 3.8) is 0 Å². The first-order valence-electron chi connectivity index (χ1n) is 6.93. The second kappa shape index (κ2) is 5.95. The molecule has 4 heteroatoms. The minimum atomic E-state index is -0.979. The normalized spacial score (nSPS) is 23.0. The van der Waals surface area contributed by atoms with Crippen molar-refractivity contribution in [1.29, 1.82) is 0 Å². The van der Waals surface area contributed by atoms with Crippen LogP contribution in [0.5, 0.6) is 0 Å². The molecule has 0 atom stereocenters. The number of aromatic carboxylic acids is 1. The second-order valence-corrected chi connectivity index (χ2v) is 5.58. The zero-order valence-electron chi connectivity index (χ0n) is 11.4. The van der Waals surface area contributed by atoms with Crippen LogP contribution in [0.25, 0.3) is 0 Å². The largest absolute Gasteiger partial charge is 0.478 e. The van der Waals surface area contributed by atoms with Crippen LogP contribution >= 0.6 is 0 Å². The summed E-state index contributed by atoms with van der Waals surface area (Å²) in [4.78, 5) is 11.0.